The van der Waals surface area contributed by atoms with Crippen molar-refractivity contribution in [1.29, 1.82) is 0 Å². The van der Waals surface area contributed by atoms with Gasteiger partial charge in [0.05, 0.1) is 6.04 Å². The molecule has 1 fully saturated rings. The molecule has 0 radical (unpaired) electrons. The van der Waals surface area contributed by atoms with E-state index in [-0.39, 0.29) is 12.1 Å². The van der Waals surface area contributed by atoms with Crippen molar-refractivity contribution in [2.24, 2.45) is 0 Å². The Morgan fingerprint density at radius 1 is 1.38 bits per heavy atom. The number of ether oxygens (including phenoxy) is 1. The average Bonchev–Trinajstić information content (AvgIpc) is 2.48. The molecule has 0 N–H and O–H groups in total. The number of carbonyl (C=O) groups excluding carboxylic acids is 1. The lowest BCUT2D eigenvalue weighted by Gasteiger charge is -2.17. The van der Waals surface area contributed by atoms with E-state index in [9.17, 15) is 4.79 Å². The van der Waals surface area contributed by atoms with Crippen LogP contribution >= 0.6 is 0 Å². The Kier molecular flexibility index (Phi) is 1.93. The van der Waals surface area contributed by atoms with Crippen LogP contribution < -0.4 is 4.90 Å². The first-order chi connectivity index (χ1) is 6.29. The van der Waals surface area contributed by atoms with E-state index < -0.39 is 0 Å². The molecule has 0 aliphatic carbocycles. The number of nitrogens with zero attached hydrogens (tertiary/aromatic N) is 1. The molecule has 0 saturated carbocycles. The zero-order valence-electron chi connectivity index (χ0n) is 7.43. The van der Waals surface area contributed by atoms with Gasteiger partial charge in [0.25, 0.3) is 0 Å². The number of carbonyl (C=O) groups is 1. The van der Waals surface area contributed by atoms with Crippen molar-refractivity contribution in [3.05, 3.63) is 30.3 Å². The van der Waals surface area contributed by atoms with Crippen LogP contribution in [0.2, 0.25) is 0 Å². The molecule has 2 rings (SSSR count). The molecule has 1 unspecified atom stereocenters. The second-order valence-corrected chi connectivity index (χ2v) is 3.13. The Balaban J connectivity index is 2.30. The van der Waals surface area contributed by atoms with Crippen LogP contribution in [0.5, 0.6) is 0 Å². The van der Waals surface area contributed by atoms with Crippen molar-refractivity contribution in [2.45, 2.75) is 13.0 Å². The van der Waals surface area contributed by atoms with Crippen LogP contribution in [0.3, 0.4) is 0 Å². The summed E-state index contributed by atoms with van der Waals surface area (Å²) >= 11 is 0. The predicted octanol–water partition coefficient (Wildman–Crippen LogP) is 2.03. The highest BCUT2D eigenvalue weighted by molar-refractivity contribution is 5.90. The molecular weight excluding hydrogens is 166 g/mol. The molecule has 1 aliphatic heterocycles. The summed E-state index contributed by atoms with van der Waals surface area (Å²) in [4.78, 5) is 13.0. The lowest BCUT2D eigenvalue weighted by Crippen LogP contribution is -2.30. The Morgan fingerprint density at radius 3 is 2.62 bits per heavy atom. The maximum Gasteiger partial charge on any atom is 0.414 e. The van der Waals surface area contributed by atoms with E-state index in [1.807, 2.05) is 37.3 Å². The predicted molar refractivity (Wildman–Crippen MR) is 49.7 cm³/mol. The van der Waals surface area contributed by atoms with Gasteiger partial charge in [-0.25, -0.2) is 4.79 Å². The van der Waals surface area contributed by atoms with Crippen molar-refractivity contribution in [2.75, 3.05) is 11.5 Å². The maximum absolute atomic E-state index is 11.3. The normalized spacial score (nSPS) is 21.8. The van der Waals surface area contributed by atoms with Gasteiger partial charge in [0, 0.05) is 5.69 Å². The SMILES string of the molecule is CC1COC(=O)N1c1ccccc1. The quantitative estimate of drug-likeness (QED) is 0.656. The second-order valence-electron chi connectivity index (χ2n) is 3.13. The number of anilines is 1. The molecule has 3 nitrogen and oxygen atoms in total. The van der Waals surface area contributed by atoms with Crippen molar-refractivity contribution in [1.82, 2.24) is 0 Å². The molecule has 0 bridgehead atoms. The maximum atomic E-state index is 11.3. The number of amides is 1. The van der Waals surface area contributed by atoms with Gasteiger partial charge in [-0.15, -0.1) is 0 Å². The van der Waals surface area contributed by atoms with E-state index in [1.54, 1.807) is 4.90 Å². The summed E-state index contributed by atoms with van der Waals surface area (Å²) in [5.41, 5.74) is 0.900. The smallest absolute Gasteiger partial charge is 0.414 e. The van der Waals surface area contributed by atoms with Gasteiger partial charge >= 0.3 is 6.09 Å². The van der Waals surface area contributed by atoms with Crippen LogP contribution in [0.15, 0.2) is 30.3 Å². The highest BCUT2D eigenvalue weighted by Crippen LogP contribution is 2.21. The van der Waals surface area contributed by atoms with Crippen LogP contribution in [0.1, 0.15) is 6.92 Å². The molecular formula is C10H11NO2. The Bertz CT molecular complexity index is 310. The standard InChI is InChI=1S/C10H11NO2/c1-8-7-13-10(12)11(8)9-5-3-2-4-6-9/h2-6,8H,7H2,1H3. The van der Waals surface area contributed by atoms with Gasteiger partial charge in [0.2, 0.25) is 0 Å². The van der Waals surface area contributed by atoms with Gasteiger partial charge in [-0.3, -0.25) is 4.90 Å². The third-order valence-electron chi connectivity index (χ3n) is 2.12. The van der Waals surface area contributed by atoms with E-state index in [0.717, 1.165) is 5.69 Å². The number of cyclic esters (lactones) is 1. The summed E-state index contributed by atoms with van der Waals surface area (Å²) in [6.07, 6.45) is -0.251. The molecule has 0 aromatic heterocycles. The van der Waals surface area contributed by atoms with E-state index in [1.165, 1.54) is 0 Å². The fourth-order valence-electron chi connectivity index (χ4n) is 1.46. The van der Waals surface area contributed by atoms with E-state index >= 15 is 0 Å². The number of benzene rings is 1. The van der Waals surface area contributed by atoms with Gasteiger partial charge in [-0.1, -0.05) is 18.2 Å². The lowest BCUT2D eigenvalue weighted by molar-refractivity contribution is 0.179. The fraction of sp³-hybridized carbons (Fsp3) is 0.300. The minimum absolute atomic E-state index is 0.134. The van der Waals surface area contributed by atoms with E-state index in [4.69, 9.17) is 4.74 Å². The molecule has 1 aromatic rings. The van der Waals surface area contributed by atoms with Crippen molar-refractivity contribution in [3.8, 4) is 0 Å². The first kappa shape index (κ1) is 8.10. The molecule has 3 heteroatoms. The number of rotatable bonds is 1. The van der Waals surface area contributed by atoms with Crippen LogP contribution in [0.25, 0.3) is 0 Å². The number of para-hydroxylation sites is 1. The molecule has 1 atom stereocenters. The Hall–Kier alpha value is -1.51. The van der Waals surface area contributed by atoms with Crippen molar-refractivity contribution < 1.29 is 9.53 Å². The highest BCUT2D eigenvalue weighted by Gasteiger charge is 2.30. The van der Waals surface area contributed by atoms with E-state index in [2.05, 4.69) is 0 Å². The largest absolute Gasteiger partial charge is 0.447 e. The summed E-state index contributed by atoms with van der Waals surface area (Å²) in [5.74, 6) is 0. The van der Waals surface area contributed by atoms with Gasteiger partial charge in [0.1, 0.15) is 6.61 Å². The summed E-state index contributed by atoms with van der Waals surface area (Å²) < 4.78 is 4.92. The average molecular weight is 177 g/mol. The third-order valence-corrected chi connectivity index (χ3v) is 2.12. The highest BCUT2D eigenvalue weighted by atomic mass is 16.6. The fourth-order valence-corrected chi connectivity index (χ4v) is 1.46. The van der Waals surface area contributed by atoms with Gasteiger partial charge in [0.15, 0.2) is 0 Å². The zero-order chi connectivity index (χ0) is 9.26. The molecule has 1 aliphatic rings. The Morgan fingerprint density at radius 2 is 2.08 bits per heavy atom. The monoisotopic (exact) mass is 177 g/mol. The van der Waals surface area contributed by atoms with E-state index in [0.29, 0.717) is 6.61 Å². The topological polar surface area (TPSA) is 29.5 Å². The number of hydrogen-bond acceptors (Lipinski definition) is 2. The lowest BCUT2D eigenvalue weighted by atomic mass is 10.2. The van der Waals surface area contributed by atoms with Crippen LogP contribution in [-0.2, 0) is 4.74 Å². The van der Waals surface area contributed by atoms with Crippen LogP contribution in [-0.4, -0.2) is 18.7 Å². The molecule has 1 saturated heterocycles. The van der Waals surface area contributed by atoms with Crippen LogP contribution in [0, 0.1) is 0 Å². The zero-order valence-corrected chi connectivity index (χ0v) is 7.43. The van der Waals surface area contributed by atoms with Gasteiger partial charge < -0.3 is 4.74 Å². The molecule has 1 amide bonds. The van der Waals surface area contributed by atoms with Gasteiger partial charge in [-0.05, 0) is 19.1 Å². The molecule has 1 aromatic carbocycles. The minimum Gasteiger partial charge on any atom is -0.447 e. The summed E-state index contributed by atoms with van der Waals surface area (Å²) in [6.45, 7) is 2.45. The van der Waals surface area contributed by atoms with Crippen molar-refractivity contribution in [3.63, 3.8) is 0 Å². The van der Waals surface area contributed by atoms with Crippen molar-refractivity contribution >= 4 is 11.8 Å². The first-order valence-electron chi connectivity index (χ1n) is 4.30. The Labute approximate surface area is 76.9 Å². The molecule has 0 spiro atoms. The summed E-state index contributed by atoms with van der Waals surface area (Å²) in [7, 11) is 0. The second kappa shape index (κ2) is 3.09. The minimum atomic E-state index is -0.251. The number of hydrogen-bond donors (Lipinski definition) is 0. The summed E-state index contributed by atoms with van der Waals surface area (Å²) in [5, 5.41) is 0. The van der Waals surface area contributed by atoms with Gasteiger partial charge in [-0.2, -0.15) is 0 Å². The molecule has 68 valence electrons. The molecule has 1 heterocycles. The van der Waals surface area contributed by atoms with Crippen LogP contribution in [0.4, 0.5) is 10.5 Å². The molecule has 13 heavy (non-hydrogen) atoms. The summed E-state index contributed by atoms with van der Waals surface area (Å²) in [6, 6.07) is 9.69. The first-order valence-corrected chi connectivity index (χ1v) is 4.30. The third kappa shape index (κ3) is 1.37.